The molecule has 4 aromatic rings. The molecule has 0 aliphatic heterocycles. The molecule has 2 aromatic heterocycles. The van der Waals surface area contributed by atoms with Gasteiger partial charge in [-0.1, -0.05) is 61.4 Å². The summed E-state index contributed by atoms with van der Waals surface area (Å²) >= 11 is 1.42. The molecule has 1 N–H and O–H groups in total. The van der Waals surface area contributed by atoms with Crippen LogP contribution in [0.25, 0.3) is 21.0 Å². The molecule has 0 saturated carbocycles. The van der Waals surface area contributed by atoms with E-state index in [1.165, 1.54) is 16.0 Å². The maximum absolute atomic E-state index is 13.1. The van der Waals surface area contributed by atoms with Gasteiger partial charge in [-0.05, 0) is 31.0 Å². The van der Waals surface area contributed by atoms with E-state index in [1.807, 2.05) is 31.2 Å². The van der Waals surface area contributed by atoms with E-state index in [0.717, 1.165) is 35.0 Å². The van der Waals surface area contributed by atoms with Crippen LogP contribution in [0.2, 0.25) is 0 Å². The third-order valence-electron chi connectivity index (χ3n) is 4.90. The van der Waals surface area contributed by atoms with Crippen molar-refractivity contribution < 1.29 is 4.79 Å². The maximum atomic E-state index is 13.1. The smallest absolute Gasteiger partial charge is 0.278 e. The molecule has 4 rings (SSSR count). The average Bonchev–Trinajstić information content (AvgIpc) is 3.14. The number of anilines is 1. The van der Waals surface area contributed by atoms with Gasteiger partial charge in [-0.15, -0.1) is 0 Å². The minimum absolute atomic E-state index is 0.163. The SMILES string of the molecule is CCCCCn1nc(C(=O)Nc2nc3c(C)cccc3s2)c2ccccc2c1=O. The third-order valence-corrected chi connectivity index (χ3v) is 5.83. The van der Waals surface area contributed by atoms with E-state index in [-0.39, 0.29) is 17.2 Å². The molecule has 0 aliphatic carbocycles. The van der Waals surface area contributed by atoms with Crippen molar-refractivity contribution in [3.05, 3.63) is 64.1 Å². The number of nitrogens with one attached hydrogen (secondary N) is 1. The Kier molecular flexibility index (Phi) is 5.40. The van der Waals surface area contributed by atoms with Crippen molar-refractivity contribution in [2.45, 2.75) is 39.7 Å². The Bertz CT molecular complexity index is 1260. The molecule has 2 heterocycles. The van der Waals surface area contributed by atoms with E-state index in [2.05, 4.69) is 22.3 Å². The Labute approximate surface area is 172 Å². The van der Waals surface area contributed by atoms with Crippen molar-refractivity contribution in [3.63, 3.8) is 0 Å². The van der Waals surface area contributed by atoms with Crippen LogP contribution >= 0.6 is 11.3 Å². The van der Waals surface area contributed by atoms with Crippen molar-refractivity contribution in [3.8, 4) is 0 Å². The largest absolute Gasteiger partial charge is 0.296 e. The summed E-state index contributed by atoms with van der Waals surface area (Å²) in [7, 11) is 0. The fourth-order valence-electron chi connectivity index (χ4n) is 3.36. The second-order valence-electron chi connectivity index (χ2n) is 7.02. The first-order valence-electron chi connectivity index (χ1n) is 9.76. The van der Waals surface area contributed by atoms with Gasteiger partial charge in [-0.2, -0.15) is 5.10 Å². The van der Waals surface area contributed by atoms with Crippen LogP contribution < -0.4 is 10.9 Å². The summed E-state index contributed by atoms with van der Waals surface area (Å²) < 4.78 is 2.43. The predicted molar refractivity (Wildman–Crippen MR) is 118 cm³/mol. The van der Waals surface area contributed by atoms with Gasteiger partial charge in [0.15, 0.2) is 10.8 Å². The lowest BCUT2D eigenvalue weighted by molar-refractivity contribution is 0.102. The van der Waals surface area contributed by atoms with Gasteiger partial charge in [0.1, 0.15) is 0 Å². The van der Waals surface area contributed by atoms with Crippen molar-refractivity contribution in [1.29, 1.82) is 0 Å². The Balaban J connectivity index is 1.73. The van der Waals surface area contributed by atoms with E-state index in [1.54, 1.807) is 18.2 Å². The van der Waals surface area contributed by atoms with Gasteiger partial charge in [-0.25, -0.2) is 9.67 Å². The molecule has 0 spiro atoms. The normalized spacial score (nSPS) is 11.2. The van der Waals surface area contributed by atoms with Gasteiger partial charge < -0.3 is 0 Å². The Morgan fingerprint density at radius 2 is 1.90 bits per heavy atom. The molecule has 2 aromatic carbocycles. The van der Waals surface area contributed by atoms with Crippen LogP contribution in [0.15, 0.2) is 47.3 Å². The number of para-hydroxylation sites is 1. The molecule has 0 fully saturated rings. The predicted octanol–water partition coefficient (Wildman–Crippen LogP) is 4.76. The molecule has 0 saturated heterocycles. The van der Waals surface area contributed by atoms with Gasteiger partial charge in [0.2, 0.25) is 0 Å². The van der Waals surface area contributed by atoms with Crippen LogP contribution in [0.3, 0.4) is 0 Å². The van der Waals surface area contributed by atoms with Gasteiger partial charge in [0.05, 0.1) is 15.6 Å². The highest BCUT2D eigenvalue weighted by atomic mass is 32.1. The summed E-state index contributed by atoms with van der Waals surface area (Å²) in [5, 5.41) is 8.86. The molecular formula is C22H22N4O2S. The van der Waals surface area contributed by atoms with E-state index in [4.69, 9.17) is 0 Å². The van der Waals surface area contributed by atoms with Crippen molar-refractivity contribution >= 4 is 43.4 Å². The first kappa shape index (κ1) is 19.3. The lowest BCUT2D eigenvalue weighted by Crippen LogP contribution is -2.27. The first-order valence-corrected chi connectivity index (χ1v) is 10.6. The molecule has 0 bridgehead atoms. The van der Waals surface area contributed by atoms with Crippen LogP contribution in [0.4, 0.5) is 5.13 Å². The quantitative estimate of drug-likeness (QED) is 0.469. The zero-order chi connectivity index (χ0) is 20.4. The van der Waals surface area contributed by atoms with Crippen LogP contribution in [0, 0.1) is 6.92 Å². The van der Waals surface area contributed by atoms with Crippen LogP contribution in [0.1, 0.15) is 42.2 Å². The lowest BCUT2D eigenvalue weighted by atomic mass is 10.1. The highest BCUT2D eigenvalue weighted by Gasteiger charge is 2.18. The van der Waals surface area contributed by atoms with Gasteiger partial charge in [-0.3, -0.25) is 14.9 Å². The number of benzene rings is 2. The number of hydrogen-bond donors (Lipinski definition) is 1. The molecule has 148 valence electrons. The molecule has 0 radical (unpaired) electrons. The van der Waals surface area contributed by atoms with E-state index >= 15 is 0 Å². The number of hydrogen-bond acceptors (Lipinski definition) is 5. The van der Waals surface area contributed by atoms with Gasteiger partial charge in [0.25, 0.3) is 11.5 Å². The summed E-state index contributed by atoms with van der Waals surface area (Å²) in [4.78, 5) is 30.4. The Morgan fingerprint density at radius 3 is 2.66 bits per heavy atom. The summed E-state index contributed by atoms with van der Waals surface area (Å²) in [5.74, 6) is -0.359. The maximum Gasteiger partial charge on any atom is 0.278 e. The molecule has 0 aliphatic rings. The minimum Gasteiger partial charge on any atom is -0.296 e. The topological polar surface area (TPSA) is 76.9 Å². The Hall–Kier alpha value is -3.06. The second-order valence-corrected chi connectivity index (χ2v) is 8.06. The summed E-state index contributed by atoms with van der Waals surface area (Å²) in [5.41, 5.74) is 2.03. The zero-order valence-corrected chi connectivity index (χ0v) is 17.3. The van der Waals surface area contributed by atoms with Crippen LogP contribution in [-0.2, 0) is 6.54 Å². The van der Waals surface area contributed by atoms with Crippen molar-refractivity contribution in [2.75, 3.05) is 5.32 Å². The van der Waals surface area contributed by atoms with Crippen molar-refractivity contribution in [2.24, 2.45) is 0 Å². The first-order chi connectivity index (χ1) is 14.1. The number of carbonyl (C=O) groups excluding carboxylic acids is 1. The number of carbonyl (C=O) groups is 1. The summed E-state index contributed by atoms with van der Waals surface area (Å²) in [6.45, 7) is 4.60. The summed E-state index contributed by atoms with van der Waals surface area (Å²) in [6.07, 6.45) is 2.90. The molecule has 7 heteroatoms. The molecular weight excluding hydrogens is 384 g/mol. The number of unbranched alkanes of at least 4 members (excludes halogenated alkanes) is 2. The number of nitrogens with zero attached hydrogens (tertiary/aromatic N) is 3. The molecule has 29 heavy (non-hydrogen) atoms. The van der Waals surface area contributed by atoms with Crippen LogP contribution in [-0.4, -0.2) is 20.7 Å². The number of aromatic nitrogens is 3. The minimum atomic E-state index is -0.359. The zero-order valence-electron chi connectivity index (χ0n) is 16.4. The van der Waals surface area contributed by atoms with E-state index in [0.29, 0.717) is 22.4 Å². The fourth-order valence-corrected chi connectivity index (χ4v) is 4.30. The number of aryl methyl sites for hydroxylation is 2. The van der Waals surface area contributed by atoms with Crippen LogP contribution in [0.5, 0.6) is 0 Å². The molecule has 0 unspecified atom stereocenters. The highest BCUT2D eigenvalue weighted by Crippen LogP contribution is 2.28. The fraction of sp³-hybridized carbons (Fsp3) is 0.273. The number of fused-ring (bicyclic) bond motifs is 2. The molecule has 6 nitrogen and oxygen atoms in total. The van der Waals surface area contributed by atoms with E-state index < -0.39 is 0 Å². The van der Waals surface area contributed by atoms with Gasteiger partial charge in [0, 0.05) is 11.9 Å². The monoisotopic (exact) mass is 406 g/mol. The lowest BCUT2D eigenvalue weighted by Gasteiger charge is -2.10. The Morgan fingerprint density at radius 1 is 1.10 bits per heavy atom. The highest BCUT2D eigenvalue weighted by molar-refractivity contribution is 7.22. The molecule has 0 atom stereocenters. The third kappa shape index (κ3) is 3.78. The average molecular weight is 407 g/mol. The van der Waals surface area contributed by atoms with Gasteiger partial charge >= 0.3 is 0 Å². The van der Waals surface area contributed by atoms with Crippen molar-refractivity contribution in [1.82, 2.24) is 14.8 Å². The standard InChI is InChI=1S/C22H22N4O2S/c1-3-4-7-13-26-21(28)16-11-6-5-10-15(16)19(25-26)20(27)24-22-23-18-14(2)9-8-12-17(18)29-22/h5-6,8-12H,3-4,7,13H2,1-2H3,(H,23,24,27). The summed E-state index contributed by atoms with van der Waals surface area (Å²) in [6, 6.07) is 13.1. The number of amides is 1. The molecule has 1 amide bonds. The number of thiazole rings is 1. The second kappa shape index (κ2) is 8.13. The number of rotatable bonds is 6. The van der Waals surface area contributed by atoms with E-state index in [9.17, 15) is 9.59 Å².